The average Bonchev–Trinajstić information content (AvgIpc) is 2.43. The van der Waals surface area contributed by atoms with E-state index in [0.29, 0.717) is 12.5 Å². The molecule has 1 N–H and O–H groups in total. The van der Waals surface area contributed by atoms with Gasteiger partial charge in [-0.1, -0.05) is 12.1 Å². The molecule has 0 aliphatic carbocycles. The largest absolute Gasteiger partial charge is 0.481 e. The number of nitrogens with zero attached hydrogens (tertiary/aromatic N) is 4. The van der Waals surface area contributed by atoms with Crippen LogP contribution in [0.15, 0.2) is 24.3 Å². The Morgan fingerprint density at radius 1 is 1.20 bits per heavy atom. The third-order valence-corrected chi connectivity index (χ3v) is 3.00. The lowest BCUT2D eigenvalue weighted by Gasteiger charge is -2.20. The van der Waals surface area contributed by atoms with Gasteiger partial charge in [-0.25, -0.2) is 4.98 Å². The highest BCUT2D eigenvalue weighted by Gasteiger charge is 2.12. The van der Waals surface area contributed by atoms with Crippen molar-refractivity contribution in [2.24, 2.45) is 0 Å². The van der Waals surface area contributed by atoms with E-state index >= 15 is 0 Å². The van der Waals surface area contributed by atoms with E-state index in [9.17, 15) is 4.79 Å². The first-order valence-corrected chi connectivity index (χ1v) is 6.36. The lowest BCUT2D eigenvalue weighted by atomic mass is 10.2. The molecule has 0 fully saturated rings. The second-order valence-corrected chi connectivity index (χ2v) is 4.82. The molecule has 0 unspecified atom stereocenters. The quantitative estimate of drug-likeness (QED) is 0.893. The van der Waals surface area contributed by atoms with Gasteiger partial charge in [0, 0.05) is 33.1 Å². The minimum atomic E-state index is -0.828. The molecule has 0 saturated heterocycles. The molecule has 1 aromatic heterocycles. The van der Waals surface area contributed by atoms with Crippen LogP contribution in [0.2, 0.25) is 0 Å². The zero-order valence-electron chi connectivity index (χ0n) is 11.9. The first kappa shape index (κ1) is 14.0. The number of carboxylic acids is 1. The van der Waals surface area contributed by atoms with E-state index < -0.39 is 5.97 Å². The van der Waals surface area contributed by atoms with Crippen LogP contribution in [0.25, 0.3) is 10.9 Å². The standard InChI is InChI=1S/C14H18N4O2/c1-17(2)13-10-6-4-5-7-11(10)15-14(16-13)18(3)9-8-12(19)20/h4-7H,8-9H2,1-3H3,(H,19,20). The third-order valence-electron chi connectivity index (χ3n) is 3.00. The summed E-state index contributed by atoms with van der Waals surface area (Å²) >= 11 is 0. The van der Waals surface area contributed by atoms with Gasteiger partial charge in [0.15, 0.2) is 0 Å². The van der Waals surface area contributed by atoms with Crippen molar-refractivity contribution in [2.75, 3.05) is 37.5 Å². The number of benzene rings is 1. The molecule has 0 radical (unpaired) electrons. The summed E-state index contributed by atoms with van der Waals surface area (Å²) in [6.07, 6.45) is 0.0595. The van der Waals surface area contributed by atoms with Crippen molar-refractivity contribution < 1.29 is 9.90 Å². The molecule has 6 heteroatoms. The number of carboxylic acid groups (broad SMARTS) is 1. The monoisotopic (exact) mass is 274 g/mol. The molecule has 0 saturated carbocycles. The van der Waals surface area contributed by atoms with E-state index in [1.165, 1.54) is 0 Å². The van der Waals surface area contributed by atoms with E-state index in [4.69, 9.17) is 5.11 Å². The molecular weight excluding hydrogens is 256 g/mol. The lowest BCUT2D eigenvalue weighted by molar-refractivity contribution is -0.136. The van der Waals surface area contributed by atoms with Gasteiger partial charge in [0.1, 0.15) is 5.82 Å². The summed E-state index contributed by atoms with van der Waals surface area (Å²) in [5, 5.41) is 9.73. The number of anilines is 2. The zero-order valence-corrected chi connectivity index (χ0v) is 11.9. The highest BCUT2D eigenvalue weighted by atomic mass is 16.4. The van der Waals surface area contributed by atoms with Crippen molar-refractivity contribution in [3.63, 3.8) is 0 Å². The number of rotatable bonds is 5. The molecule has 2 rings (SSSR count). The van der Waals surface area contributed by atoms with Crippen molar-refractivity contribution in [3.8, 4) is 0 Å². The van der Waals surface area contributed by atoms with Gasteiger partial charge in [-0.05, 0) is 12.1 Å². The second kappa shape index (κ2) is 5.73. The number of fused-ring (bicyclic) bond motifs is 1. The average molecular weight is 274 g/mol. The summed E-state index contributed by atoms with van der Waals surface area (Å²) in [5.74, 6) is 0.534. The minimum Gasteiger partial charge on any atom is -0.481 e. The number of carbonyl (C=O) groups is 1. The van der Waals surface area contributed by atoms with Crippen LogP contribution in [0.3, 0.4) is 0 Å². The smallest absolute Gasteiger partial charge is 0.305 e. The molecule has 0 aliphatic rings. The normalized spacial score (nSPS) is 10.6. The van der Waals surface area contributed by atoms with Crippen molar-refractivity contribution in [1.82, 2.24) is 9.97 Å². The Morgan fingerprint density at radius 2 is 1.90 bits per heavy atom. The summed E-state index contributed by atoms with van der Waals surface area (Å²) < 4.78 is 0. The number of hydrogen-bond donors (Lipinski definition) is 1. The van der Waals surface area contributed by atoms with Crippen LogP contribution < -0.4 is 9.80 Å². The molecule has 0 spiro atoms. The lowest BCUT2D eigenvalue weighted by Crippen LogP contribution is -2.24. The predicted molar refractivity (Wildman–Crippen MR) is 79.4 cm³/mol. The van der Waals surface area contributed by atoms with E-state index in [0.717, 1.165) is 16.7 Å². The molecule has 0 atom stereocenters. The molecule has 0 amide bonds. The number of para-hydroxylation sites is 1. The van der Waals surface area contributed by atoms with Crippen molar-refractivity contribution in [1.29, 1.82) is 0 Å². The maximum Gasteiger partial charge on any atom is 0.305 e. The maximum atomic E-state index is 10.6. The van der Waals surface area contributed by atoms with Gasteiger partial charge < -0.3 is 14.9 Å². The fraction of sp³-hybridized carbons (Fsp3) is 0.357. The Labute approximate surface area is 117 Å². The van der Waals surface area contributed by atoms with Crippen LogP contribution in [0.4, 0.5) is 11.8 Å². The summed E-state index contributed by atoms with van der Waals surface area (Å²) in [6.45, 7) is 0.376. The SMILES string of the molecule is CN(C)c1nc(N(C)CCC(=O)O)nc2ccccc12. The molecular formula is C14H18N4O2. The van der Waals surface area contributed by atoms with Gasteiger partial charge >= 0.3 is 5.97 Å². The molecule has 1 heterocycles. The Bertz CT molecular complexity index is 628. The van der Waals surface area contributed by atoms with Crippen LogP contribution in [0.5, 0.6) is 0 Å². The van der Waals surface area contributed by atoms with Crippen LogP contribution in [0, 0.1) is 0 Å². The molecule has 0 bridgehead atoms. The fourth-order valence-electron chi connectivity index (χ4n) is 1.92. The maximum absolute atomic E-state index is 10.6. The van der Waals surface area contributed by atoms with Crippen molar-refractivity contribution >= 4 is 28.6 Å². The van der Waals surface area contributed by atoms with Crippen LogP contribution >= 0.6 is 0 Å². The summed E-state index contributed by atoms with van der Waals surface area (Å²) in [5.41, 5.74) is 0.850. The van der Waals surface area contributed by atoms with Crippen LogP contribution in [-0.4, -0.2) is 48.7 Å². The van der Waals surface area contributed by atoms with Crippen LogP contribution in [0.1, 0.15) is 6.42 Å². The Balaban J connectivity index is 2.41. The van der Waals surface area contributed by atoms with E-state index in [2.05, 4.69) is 9.97 Å². The number of aromatic nitrogens is 2. The van der Waals surface area contributed by atoms with Gasteiger partial charge in [-0.2, -0.15) is 4.98 Å². The predicted octanol–water partition coefficient (Wildman–Crippen LogP) is 1.61. The molecule has 6 nitrogen and oxygen atoms in total. The second-order valence-electron chi connectivity index (χ2n) is 4.82. The van der Waals surface area contributed by atoms with E-state index in [-0.39, 0.29) is 6.42 Å². The van der Waals surface area contributed by atoms with E-state index in [1.807, 2.05) is 43.3 Å². The highest BCUT2D eigenvalue weighted by Crippen LogP contribution is 2.24. The number of aliphatic carboxylic acids is 1. The molecule has 106 valence electrons. The summed E-state index contributed by atoms with van der Waals surface area (Å²) in [7, 11) is 5.65. The van der Waals surface area contributed by atoms with Crippen molar-refractivity contribution in [3.05, 3.63) is 24.3 Å². The van der Waals surface area contributed by atoms with E-state index in [1.54, 1.807) is 11.9 Å². The Morgan fingerprint density at radius 3 is 2.55 bits per heavy atom. The molecule has 1 aromatic carbocycles. The minimum absolute atomic E-state index is 0.0595. The summed E-state index contributed by atoms with van der Waals surface area (Å²) in [4.78, 5) is 23.4. The topological polar surface area (TPSA) is 69.6 Å². The van der Waals surface area contributed by atoms with Gasteiger partial charge in [-0.3, -0.25) is 4.79 Å². The van der Waals surface area contributed by atoms with Gasteiger partial charge in [0.2, 0.25) is 5.95 Å². The first-order chi connectivity index (χ1) is 9.49. The highest BCUT2D eigenvalue weighted by molar-refractivity contribution is 5.90. The molecule has 0 aliphatic heterocycles. The van der Waals surface area contributed by atoms with Gasteiger partial charge in [-0.15, -0.1) is 0 Å². The van der Waals surface area contributed by atoms with Gasteiger partial charge in [0.25, 0.3) is 0 Å². The first-order valence-electron chi connectivity index (χ1n) is 6.36. The molecule has 2 aromatic rings. The number of hydrogen-bond acceptors (Lipinski definition) is 5. The third kappa shape index (κ3) is 2.96. The Hall–Kier alpha value is -2.37. The van der Waals surface area contributed by atoms with Gasteiger partial charge in [0.05, 0.1) is 11.9 Å². The van der Waals surface area contributed by atoms with Crippen LogP contribution in [-0.2, 0) is 4.79 Å². The van der Waals surface area contributed by atoms with Crippen molar-refractivity contribution in [2.45, 2.75) is 6.42 Å². The molecule has 20 heavy (non-hydrogen) atoms. The fourth-order valence-corrected chi connectivity index (χ4v) is 1.92. The Kier molecular flexibility index (Phi) is 4.02. The summed E-state index contributed by atoms with van der Waals surface area (Å²) in [6, 6.07) is 7.78. The zero-order chi connectivity index (χ0) is 14.7.